The van der Waals surface area contributed by atoms with Gasteiger partial charge in [0.05, 0.1) is 7.11 Å². The van der Waals surface area contributed by atoms with Crippen LogP contribution >= 0.6 is 11.6 Å². The molecule has 0 bridgehead atoms. The summed E-state index contributed by atoms with van der Waals surface area (Å²) in [5, 5.41) is 3.83. The standard InChI is InChI=1S/C25H21ClN4O2/c1-32-22-10-3-6-18(12-22)14-24-28-23(13-17-5-2-7-19(11-17)16-31)29-25(30-24)27-21-9-4-8-20(26)15-21/h2-12,15-16H,13-14H2,1H3,(H,27,28,29,30). The number of rotatable bonds is 8. The lowest BCUT2D eigenvalue weighted by Gasteiger charge is -2.10. The Bertz CT molecular complexity index is 1250. The second kappa shape index (κ2) is 10.0. The smallest absolute Gasteiger partial charge is 0.230 e. The molecule has 0 aliphatic carbocycles. The quantitative estimate of drug-likeness (QED) is 0.373. The minimum absolute atomic E-state index is 0.432. The van der Waals surface area contributed by atoms with Crippen molar-refractivity contribution in [2.24, 2.45) is 0 Å². The minimum atomic E-state index is 0.432. The molecule has 0 atom stereocenters. The van der Waals surface area contributed by atoms with Crippen LogP contribution in [0, 0.1) is 0 Å². The Morgan fingerprint density at radius 2 is 1.56 bits per heavy atom. The normalized spacial score (nSPS) is 10.6. The van der Waals surface area contributed by atoms with E-state index in [-0.39, 0.29) is 0 Å². The zero-order valence-electron chi connectivity index (χ0n) is 17.5. The maximum absolute atomic E-state index is 11.1. The molecule has 160 valence electrons. The Labute approximate surface area is 191 Å². The van der Waals surface area contributed by atoms with E-state index < -0.39 is 0 Å². The van der Waals surface area contributed by atoms with Crippen LogP contribution in [0.2, 0.25) is 5.02 Å². The first kappa shape index (κ1) is 21.5. The van der Waals surface area contributed by atoms with Crippen molar-refractivity contribution in [2.75, 3.05) is 12.4 Å². The third-order valence-corrected chi connectivity index (χ3v) is 4.99. The van der Waals surface area contributed by atoms with E-state index in [2.05, 4.69) is 20.3 Å². The lowest BCUT2D eigenvalue weighted by Crippen LogP contribution is -2.09. The fraction of sp³-hybridized carbons (Fsp3) is 0.120. The van der Waals surface area contributed by atoms with E-state index in [0.29, 0.717) is 41.0 Å². The molecular weight excluding hydrogens is 424 g/mol. The number of nitrogens with zero attached hydrogens (tertiary/aromatic N) is 3. The first-order chi connectivity index (χ1) is 15.6. The first-order valence-corrected chi connectivity index (χ1v) is 10.4. The van der Waals surface area contributed by atoms with Crippen LogP contribution in [0.3, 0.4) is 0 Å². The number of aldehydes is 1. The third-order valence-electron chi connectivity index (χ3n) is 4.75. The van der Waals surface area contributed by atoms with Gasteiger partial charge in [-0.15, -0.1) is 0 Å². The van der Waals surface area contributed by atoms with Crippen LogP contribution in [0.5, 0.6) is 5.75 Å². The van der Waals surface area contributed by atoms with Gasteiger partial charge in [0.2, 0.25) is 5.95 Å². The molecule has 7 heteroatoms. The van der Waals surface area contributed by atoms with Crippen molar-refractivity contribution in [1.29, 1.82) is 0 Å². The molecule has 0 aliphatic heterocycles. The Morgan fingerprint density at radius 3 is 2.25 bits per heavy atom. The number of benzene rings is 3. The Kier molecular flexibility index (Phi) is 6.72. The average Bonchev–Trinajstić information content (AvgIpc) is 2.79. The predicted octanol–water partition coefficient (Wildman–Crippen LogP) is 5.27. The van der Waals surface area contributed by atoms with Gasteiger partial charge in [-0.05, 0) is 47.5 Å². The number of nitrogens with one attached hydrogen (secondary N) is 1. The Hall–Kier alpha value is -3.77. The molecule has 0 radical (unpaired) electrons. The number of methoxy groups -OCH3 is 1. The number of anilines is 2. The van der Waals surface area contributed by atoms with E-state index in [4.69, 9.17) is 16.3 Å². The van der Waals surface area contributed by atoms with Gasteiger partial charge < -0.3 is 10.1 Å². The topological polar surface area (TPSA) is 77.0 Å². The minimum Gasteiger partial charge on any atom is -0.497 e. The van der Waals surface area contributed by atoms with E-state index in [9.17, 15) is 4.79 Å². The number of carbonyl (C=O) groups is 1. The van der Waals surface area contributed by atoms with Gasteiger partial charge >= 0.3 is 0 Å². The summed E-state index contributed by atoms with van der Waals surface area (Å²) in [6, 6.07) is 22.6. The van der Waals surface area contributed by atoms with Gasteiger partial charge in [-0.1, -0.05) is 48.0 Å². The molecule has 0 saturated carbocycles. The monoisotopic (exact) mass is 444 g/mol. The molecule has 32 heavy (non-hydrogen) atoms. The van der Waals surface area contributed by atoms with E-state index in [0.717, 1.165) is 28.8 Å². The maximum atomic E-state index is 11.1. The van der Waals surface area contributed by atoms with Crippen molar-refractivity contribution in [3.8, 4) is 5.75 Å². The van der Waals surface area contributed by atoms with Crippen molar-refractivity contribution in [1.82, 2.24) is 15.0 Å². The van der Waals surface area contributed by atoms with E-state index in [1.807, 2.05) is 54.6 Å². The maximum Gasteiger partial charge on any atom is 0.230 e. The Morgan fingerprint density at radius 1 is 0.875 bits per heavy atom. The van der Waals surface area contributed by atoms with Crippen LogP contribution in [-0.4, -0.2) is 28.3 Å². The molecule has 1 N–H and O–H groups in total. The number of hydrogen-bond donors (Lipinski definition) is 1. The van der Waals surface area contributed by atoms with Crippen LogP contribution in [0.15, 0.2) is 72.8 Å². The molecule has 4 aromatic rings. The predicted molar refractivity (Wildman–Crippen MR) is 125 cm³/mol. The second-order valence-corrected chi connectivity index (χ2v) is 7.63. The van der Waals surface area contributed by atoms with Crippen molar-refractivity contribution >= 4 is 29.5 Å². The summed E-state index contributed by atoms with van der Waals surface area (Å²) in [6.45, 7) is 0. The molecule has 0 aliphatic rings. The molecule has 0 fully saturated rings. The SMILES string of the molecule is COc1cccc(Cc2nc(Cc3cccc(C=O)c3)nc(Nc3cccc(Cl)c3)n2)c1. The van der Waals surface area contributed by atoms with Crippen LogP contribution in [0.1, 0.15) is 33.1 Å². The molecule has 0 spiro atoms. The van der Waals surface area contributed by atoms with Gasteiger partial charge in [0, 0.05) is 29.1 Å². The van der Waals surface area contributed by atoms with Crippen LogP contribution < -0.4 is 10.1 Å². The average molecular weight is 445 g/mol. The largest absolute Gasteiger partial charge is 0.497 e. The van der Waals surface area contributed by atoms with Gasteiger partial charge in [-0.3, -0.25) is 4.79 Å². The zero-order chi connectivity index (χ0) is 22.3. The lowest BCUT2D eigenvalue weighted by atomic mass is 10.1. The lowest BCUT2D eigenvalue weighted by molar-refractivity contribution is 0.112. The van der Waals surface area contributed by atoms with Crippen molar-refractivity contribution in [3.05, 3.63) is 106 Å². The third kappa shape index (κ3) is 5.68. The highest BCUT2D eigenvalue weighted by atomic mass is 35.5. The van der Waals surface area contributed by atoms with Crippen LogP contribution in [-0.2, 0) is 12.8 Å². The van der Waals surface area contributed by atoms with Crippen molar-refractivity contribution in [2.45, 2.75) is 12.8 Å². The van der Waals surface area contributed by atoms with E-state index >= 15 is 0 Å². The fourth-order valence-corrected chi connectivity index (χ4v) is 3.49. The first-order valence-electron chi connectivity index (χ1n) is 10.0. The molecule has 0 amide bonds. The highest BCUT2D eigenvalue weighted by Crippen LogP contribution is 2.20. The van der Waals surface area contributed by atoms with Crippen LogP contribution in [0.25, 0.3) is 0 Å². The summed E-state index contributed by atoms with van der Waals surface area (Å²) in [6.07, 6.45) is 1.82. The molecule has 0 saturated heterocycles. The van der Waals surface area contributed by atoms with Crippen molar-refractivity contribution < 1.29 is 9.53 Å². The highest BCUT2D eigenvalue weighted by Gasteiger charge is 2.10. The van der Waals surface area contributed by atoms with Crippen LogP contribution in [0.4, 0.5) is 11.6 Å². The number of hydrogen-bond acceptors (Lipinski definition) is 6. The molecule has 4 rings (SSSR count). The van der Waals surface area contributed by atoms with Gasteiger partial charge in [-0.2, -0.15) is 9.97 Å². The summed E-state index contributed by atoms with van der Waals surface area (Å²) < 4.78 is 5.32. The second-order valence-electron chi connectivity index (χ2n) is 7.19. The summed E-state index contributed by atoms with van der Waals surface area (Å²) >= 11 is 6.11. The molecular formula is C25H21ClN4O2. The summed E-state index contributed by atoms with van der Waals surface area (Å²) in [7, 11) is 1.64. The zero-order valence-corrected chi connectivity index (χ0v) is 18.2. The molecule has 6 nitrogen and oxygen atoms in total. The number of aromatic nitrogens is 3. The number of halogens is 1. The molecule has 0 unspecified atom stereocenters. The van der Waals surface area contributed by atoms with Gasteiger partial charge in [0.1, 0.15) is 23.7 Å². The van der Waals surface area contributed by atoms with Crippen molar-refractivity contribution in [3.63, 3.8) is 0 Å². The van der Waals surface area contributed by atoms with Gasteiger partial charge in [0.25, 0.3) is 0 Å². The fourth-order valence-electron chi connectivity index (χ4n) is 3.30. The molecule has 1 heterocycles. The van der Waals surface area contributed by atoms with E-state index in [1.165, 1.54) is 0 Å². The molecule has 1 aromatic heterocycles. The Balaban J connectivity index is 1.67. The highest BCUT2D eigenvalue weighted by molar-refractivity contribution is 6.30. The summed E-state index contributed by atoms with van der Waals surface area (Å²) in [5.74, 6) is 2.44. The van der Waals surface area contributed by atoms with E-state index in [1.54, 1.807) is 25.3 Å². The summed E-state index contributed by atoms with van der Waals surface area (Å²) in [4.78, 5) is 25.0. The number of carbonyl (C=O) groups excluding carboxylic acids is 1. The molecule has 3 aromatic carbocycles. The number of ether oxygens (including phenoxy) is 1. The van der Waals surface area contributed by atoms with Gasteiger partial charge in [-0.25, -0.2) is 4.98 Å². The summed E-state index contributed by atoms with van der Waals surface area (Å²) in [5.41, 5.74) is 3.37. The van der Waals surface area contributed by atoms with Gasteiger partial charge in [0.15, 0.2) is 0 Å².